The van der Waals surface area contributed by atoms with Gasteiger partial charge in [-0.15, -0.1) is 0 Å². The Morgan fingerprint density at radius 3 is 2.75 bits per heavy atom. The predicted octanol–water partition coefficient (Wildman–Crippen LogP) is -1.48. The molecule has 10 heteroatoms. The smallest absolute Gasteiger partial charge is 0.329 e. The van der Waals surface area contributed by atoms with E-state index < -0.39 is 24.0 Å². The van der Waals surface area contributed by atoms with E-state index in [9.17, 15) is 14.4 Å². The second kappa shape index (κ2) is 10.3. The Bertz CT molecular complexity index is 534. The van der Waals surface area contributed by atoms with Crippen molar-refractivity contribution >= 4 is 17.8 Å². The predicted molar refractivity (Wildman–Crippen MR) is 83.7 cm³/mol. The van der Waals surface area contributed by atoms with Crippen molar-refractivity contribution in [3.63, 3.8) is 0 Å². The largest absolute Gasteiger partial charge is 0.480 e. The first-order valence-electron chi connectivity index (χ1n) is 7.55. The molecule has 7 N–H and O–H groups in total. The van der Waals surface area contributed by atoms with Crippen LogP contribution in [0.25, 0.3) is 0 Å². The summed E-state index contributed by atoms with van der Waals surface area (Å²) in [6, 6.07) is -2.01. The number of carbonyl (C=O) groups excluding carboxylic acids is 2. The van der Waals surface area contributed by atoms with Gasteiger partial charge in [0.25, 0.3) is 0 Å². The number of aromatic amines is 1. The summed E-state index contributed by atoms with van der Waals surface area (Å²) in [5.41, 5.74) is 11.3. The van der Waals surface area contributed by atoms with Gasteiger partial charge in [0.2, 0.25) is 5.91 Å². The molecule has 0 spiro atoms. The third-order valence-corrected chi connectivity index (χ3v) is 3.20. The lowest BCUT2D eigenvalue weighted by Gasteiger charge is -2.17. The number of hydrogen-bond donors (Lipinski definition) is 5. The second-order valence-corrected chi connectivity index (χ2v) is 5.19. The number of aromatic nitrogens is 2. The molecule has 10 nitrogen and oxygen atoms in total. The van der Waals surface area contributed by atoms with Gasteiger partial charge in [0.15, 0.2) is 0 Å². The third-order valence-electron chi connectivity index (χ3n) is 3.20. The van der Waals surface area contributed by atoms with Crippen LogP contribution < -0.4 is 16.8 Å². The van der Waals surface area contributed by atoms with Crippen LogP contribution in [0.4, 0.5) is 0 Å². The second-order valence-electron chi connectivity index (χ2n) is 5.19. The Morgan fingerprint density at radius 1 is 1.42 bits per heavy atom. The molecule has 1 amide bonds. The number of carbonyl (C=O) groups is 3. The topological polar surface area (TPSA) is 173 Å². The number of aliphatic carboxylic acids is 1. The fourth-order valence-corrected chi connectivity index (χ4v) is 1.85. The van der Waals surface area contributed by atoms with E-state index in [-0.39, 0.29) is 31.8 Å². The molecular formula is C14H23N5O5. The van der Waals surface area contributed by atoms with Crippen molar-refractivity contribution in [2.75, 3.05) is 13.2 Å². The molecule has 0 unspecified atom stereocenters. The molecule has 0 saturated carbocycles. The van der Waals surface area contributed by atoms with E-state index in [1.807, 2.05) is 0 Å². The summed E-state index contributed by atoms with van der Waals surface area (Å²) in [4.78, 5) is 41.3. The van der Waals surface area contributed by atoms with Crippen LogP contribution in [0.3, 0.4) is 0 Å². The van der Waals surface area contributed by atoms with Crippen molar-refractivity contribution < 1.29 is 24.2 Å². The molecule has 1 heterocycles. The number of ether oxygens (including phenoxy) is 1. The van der Waals surface area contributed by atoms with Crippen LogP contribution in [0.2, 0.25) is 0 Å². The van der Waals surface area contributed by atoms with Crippen molar-refractivity contribution in [3.8, 4) is 0 Å². The van der Waals surface area contributed by atoms with Crippen LogP contribution >= 0.6 is 0 Å². The highest BCUT2D eigenvalue weighted by molar-refractivity contribution is 5.84. The summed E-state index contributed by atoms with van der Waals surface area (Å²) in [7, 11) is 0. The molecule has 0 radical (unpaired) electrons. The SMILES string of the molecule is NCCCC(=O)N[C@@H](Cc1cnc[nH]1)C(=O)OCC[C@H](N)C(=O)O. The average molecular weight is 341 g/mol. The highest BCUT2D eigenvalue weighted by Gasteiger charge is 2.23. The molecule has 0 bridgehead atoms. The molecule has 2 atom stereocenters. The fourth-order valence-electron chi connectivity index (χ4n) is 1.85. The number of H-pyrrole nitrogens is 1. The van der Waals surface area contributed by atoms with Gasteiger partial charge in [-0.3, -0.25) is 9.59 Å². The van der Waals surface area contributed by atoms with Crippen LogP contribution in [-0.2, 0) is 25.5 Å². The number of esters is 1. The quantitative estimate of drug-likeness (QED) is 0.303. The van der Waals surface area contributed by atoms with Crippen molar-refractivity contribution in [1.82, 2.24) is 15.3 Å². The van der Waals surface area contributed by atoms with Gasteiger partial charge >= 0.3 is 11.9 Å². The maximum Gasteiger partial charge on any atom is 0.329 e. The molecule has 0 saturated heterocycles. The molecule has 0 fully saturated rings. The lowest BCUT2D eigenvalue weighted by atomic mass is 10.1. The normalized spacial score (nSPS) is 13.1. The highest BCUT2D eigenvalue weighted by Crippen LogP contribution is 2.03. The first kappa shape index (κ1) is 19.6. The van der Waals surface area contributed by atoms with Crippen molar-refractivity contribution in [3.05, 3.63) is 18.2 Å². The maximum absolute atomic E-state index is 12.1. The van der Waals surface area contributed by atoms with Crippen molar-refractivity contribution in [2.24, 2.45) is 11.5 Å². The zero-order chi connectivity index (χ0) is 17.9. The van der Waals surface area contributed by atoms with Gasteiger partial charge in [-0.05, 0) is 13.0 Å². The number of nitrogens with zero attached hydrogens (tertiary/aromatic N) is 1. The van der Waals surface area contributed by atoms with Crippen LogP contribution in [0.15, 0.2) is 12.5 Å². The number of rotatable bonds is 11. The molecular weight excluding hydrogens is 318 g/mol. The van der Waals surface area contributed by atoms with Gasteiger partial charge in [0.05, 0.1) is 12.9 Å². The lowest BCUT2D eigenvalue weighted by Crippen LogP contribution is -2.44. The maximum atomic E-state index is 12.1. The van der Waals surface area contributed by atoms with Crippen LogP contribution in [-0.4, -0.2) is 58.2 Å². The molecule has 0 aliphatic rings. The monoisotopic (exact) mass is 341 g/mol. The Kier molecular flexibility index (Phi) is 8.44. The van der Waals surface area contributed by atoms with Crippen LogP contribution in [0.1, 0.15) is 25.0 Å². The van der Waals surface area contributed by atoms with E-state index >= 15 is 0 Å². The van der Waals surface area contributed by atoms with E-state index in [4.69, 9.17) is 21.3 Å². The van der Waals surface area contributed by atoms with Crippen molar-refractivity contribution in [2.45, 2.75) is 37.8 Å². The zero-order valence-electron chi connectivity index (χ0n) is 13.2. The highest BCUT2D eigenvalue weighted by atomic mass is 16.5. The molecule has 134 valence electrons. The molecule has 1 aromatic rings. The fraction of sp³-hybridized carbons (Fsp3) is 0.571. The minimum atomic E-state index is -1.17. The van der Waals surface area contributed by atoms with E-state index in [1.165, 1.54) is 12.5 Å². The molecule has 1 aromatic heterocycles. The standard InChI is InChI=1S/C14H23N5O5/c15-4-1-2-12(20)19-11(6-9-7-17-8-18-9)14(23)24-5-3-10(16)13(21)22/h7-8,10-11H,1-6,15-16H2,(H,17,18)(H,19,20)(H,21,22)/t10-,11-/m0/s1. The van der Waals surface area contributed by atoms with Gasteiger partial charge in [-0.2, -0.15) is 0 Å². The number of carboxylic acid groups (broad SMARTS) is 1. The van der Waals surface area contributed by atoms with E-state index in [2.05, 4.69) is 15.3 Å². The summed E-state index contributed by atoms with van der Waals surface area (Å²) < 4.78 is 5.02. The Balaban J connectivity index is 2.57. The van der Waals surface area contributed by atoms with E-state index in [0.717, 1.165) is 0 Å². The van der Waals surface area contributed by atoms with Crippen LogP contribution in [0, 0.1) is 0 Å². The summed E-state index contributed by atoms with van der Waals surface area (Å²) in [6.45, 7) is 0.223. The van der Waals surface area contributed by atoms with Crippen molar-refractivity contribution in [1.29, 1.82) is 0 Å². The van der Waals surface area contributed by atoms with Gasteiger partial charge in [0, 0.05) is 31.2 Å². The third kappa shape index (κ3) is 7.20. The Hall–Kier alpha value is -2.46. The van der Waals surface area contributed by atoms with E-state index in [0.29, 0.717) is 18.7 Å². The van der Waals surface area contributed by atoms with Gasteiger partial charge in [0.1, 0.15) is 12.1 Å². The molecule has 0 aliphatic carbocycles. The molecule has 0 aromatic carbocycles. The van der Waals surface area contributed by atoms with Gasteiger partial charge in [-0.25, -0.2) is 9.78 Å². The number of amides is 1. The van der Waals surface area contributed by atoms with E-state index in [1.54, 1.807) is 0 Å². The number of imidazole rings is 1. The first-order valence-corrected chi connectivity index (χ1v) is 7.55. The number of carboxylic acids is 1. The number of nitrogens with two attached hydrogens (primary N) is 2. The Labute approximate surface area is 138 Å². The zero-order valence-corrected chi connectivity index (χ0v) is 13.2. The van der Waals surface area contributed by atoms with Gasteiger partial charge in [-0.1, -0.05) is 0 Å². The number of nitrogens with one attached hydrogen (secondary N) is 2. The number of hydrogen-bond acceptors (Lipinski definition) is 7. The minimum absolute atomic E-state index is 0.0149. The summed E-state index contributed by atoms with van der Waals surface area (Å²) in [5.74, 6) is -2.15. The molecule has 0 aliphatic heterocycles. The average Bonchev–Trinajstić information content (AvgIpc) is 3.04. The molecule has 24 heavy (non-hydrogen) atoms. The van der Waals surface area contributed by atoms with Crippen LogP contribution in [0.5, 0.6) is 0 Å². The summed E-state index contributed by atoms with van der Waals surface area (Å²) >= 11 is 0. The molecule has 1 rings (SSSR count). The summed E-state index contributed by atoms with van der Waals surface area (Å²) in [6.07, 6.45) is 3.86. The minimum Gasteiger partial charge on any atom is -0.480 e. The Morgan fingerprint density at radius 2 is 2.17 bits per heavy atom. The lowest BCUT2D eigenvalue weighted by molar-refractivity contribution is -0.149. The van der Waals surface area contributed by atoms with Gasteiger partial charge < -0.3 is 31.6 Å². The first-order chi connectivity index (χ1) is 11.4. The summed E-state index contributed by atoms with van der Waals surface area (Å²) in [5, 5.41) is 11.3.